The normalized spacial score (nSPS) is 9.95. The van der Waals surface area contributed by atoms with Gasteiger partial charge in [-0.15, -0.1) is 0 Å². The largest absolute Gasteiger partial charge is 0.384 e. The number of nitriles is 1. The monoisotopic (exact) mass is 273 g/mol. The second kappa shape index (κ2) is 5.55. The van der Waals surface area contributed by atoms with Crippen LogP contribution in [0.15, 0.2) is 24.3 Å². The molecule has 1 aromatic heterocycles. The van der Waals surface area contributed by atoms with Crippen molar-refractivity contribution in [2.75, 3.05) is 11.1 Å². The number of aromatic nitrogens is 2. The van der Waals surface area contributed by atoms with Crippen LogP contribution in [0.4, 0.5) is 17.3 Å². The van der Waals surface area contributed by atoms with Crippen LogP contribution < -0.4 is 11.1 Å². The molecule has 2 aromatic rings. The number of rotatable bonds is 3. The zero-order valence-electron chi connectivity index (χ0n) is 10.3. The average molecular weight is 274 g/mol. The third-order valence-electron chi connectivity index (χ3n) is 2.47. The summed E-state index contributed by atoms with van der Waals surface area (Å²) >= 11 is 5.92. The summed E-state index contributed by atoms with van der Waals surface area (Å²) in [7, 11) is 0. The third kappa shape index (κ3) is 3.12. The van der Waals surface area contributed by atoms with Crippen molar-refractivity contribution in [1.82, 2.24) is 9.97 Å². The first kappa shape index (κ1) is 13.1. The highest BCUT2D eigenvalue weighted by molar-refractivity contribution is 6.30. The molecule has 3 N–H and O–H groups in total. The first-order chi connectivity index (χ1) is 9.12. The van der Waals surface area contributed by atoms with Crippen LogP contribution >= 0.6 is 11.6 Å². The molecule has 0 atom stereocenters. The molecule has 5 nitrogen and oxygen atoms in total. The van der Waals surface area contributed by atoms with Gasteiger partial charge in [-0.05, 0) is 18.2 Å². The Hall–Kier alpha value is -2.32. The smallest absolute Gasteiger partial charge is 0.136 e. The minimum atomic E-state index is 0.384. The Labute approximate surface area is 116 Å². The van der Waals surface area contributed by atoms with Crippen molar-refractivity contribution in [1.29, 1.82) is 5.26 Å². The fraction of sp³-hybridized carbons (Fsp3) is 0.154. The van der Waals surface area contributed by atoms with Gasteiger partial charge in [0.1, 0.15) is 23.5 Å². The Bertz CT molecular complexity index is 648. The lowest BCUT2D eigenvalue weighted by Gasteiger charge is -2.09. The van der Waals surface area contributed by atoms with Crippen molar-refractivity contribution in [3.63, 3.8) is 0 Å². The van der Waals surface area contributed by atoms with E-state index in [0.29, 0.717) is 40.2 Å². The Morgan fingerprint density at radius 3 is 2.84 bits per heavy atom. The minimum absolute atomic E-state index is 0.384. The van der Waals surface area contributed by atoms with Gasteiger partial charge in [0, 0.05) is 17.5 Å². The van der Waals surface area contributed by atoms with Gasteiger partial charge in [0.25, 0.3) is 0 Å². The molecule has 0 bridgehead atoms. The first-order valence-electron chi connectivity index (χ1n) is 5.72. The molecular formula is C13H12ClN5. The summed E-state index contributed by atoms with van der Waals surface area (Å²) in [5, 5.41) is 12.6. The second-order valence-electron chi connectivity index (χ2n) is 3.87. The van der Waals surface area contributed by atoms with Crippen molar-refractivity contribution < 1.29 is 0 Å². The molecule has 0 saturated carbocycles. The van der Waals surface area contributed by atoms with Crippen LogP contribution in [0.3, 0.4) is 0 Å². The van der Waals surface area contributed by atoms with E-state index in [9.17, 15) is 0 Å². The van der Waals surface area contributed by atoms with E-state index in [-0.39, 0.29) is 0 Å². The van der Waals surface area contributed by atoms with Crippen LogP contribution in [0.2, 0.25) is 5.02 Å². The van der Waals surface area contributed by atoms with Crippen molar-refractivity contribution in [2.24, 2.45) is 0 Å². The maximum atomic E-state index is 9.05. The highest BCUT2D eigenvalue weighted by Crippen LogP contribution is 2.24. The Balaban J connectivity index is 2.38. The first-order valence-corrected chi connectivity index (χ1v) is 6.10. The molecular weight excluding hydrogens is 262 g/mol. The molecule has 1 aromatic carbocycles. The van der Waals surface area contributed by atoms with Crippen LogP contribution in [0.1, 0.15) is 18.3 Å². The summed E-state index contributed by atoms with van der Waals surface area (Å²) in [6.45, 7) is 1.94. The number of nitrogen functional groups attached to an aromatic ring is 1. The molecule has 0 unspecified atom stereocenters. The highest BCUT2D eigenvalue weighted by Gasteiger charge is 2.06. The van der Waals surface area contributed by atoms with E-state index in [4.69, 9.17) is 22.6 Å². The maximum absolute atomic E-state index is 9.05. The number of nitrogens with one attached hydrogen (secondary N) is 1. The van der Waals surface area contributed by atoms with Crippen LogP contribution in [0, 0.1) is 11.3 Å². The van der Waals surface area contributed by atoms with Gasteiger partial charge in [-0.2, -0.15) is 5.26 Å². The Morgan fingerprint density at radius 2 is 2.16 bits per heavy atom. The Morgan fingerprint density at radius 1 is 1.37 bits per heavy atom. The highest BCUT2D eigenvalue weighted by atomic mass is 35.5. The number of hydrogen-bond donors (Lipinski definition) is 2. The SMILES string of the molecule is CCc1nc(N)cc(Nc2cc(Cl)ccc2C#N)n1. The van der Waals surface area contributed by atoms with Gasteiger partial charge >= 0.3 is 0 Å². The van der Waals surface area contributed by atoms with E-state index in [0.717, 1.165) is 0 Å². The third-order valence-corrected chi connectivity index (χ3v) is 2.71. The maximum Gasteiger partial charge on any atom is 0.136 e. The summed E-state index contributed by atoms with van der Waals surface area (Å²) in [5.74, 6) is 1.57. The number of anilines is 3. The standard InChI is InChI=1S/C13H12ClN5/c1-2-12-18-11(16)6-13(19-12)17-10-5-9(14)4-3-8(10)7-15/h3-6H,2H2,1H3,(H3,16,17,18,19). The van der Waals surface area contributed by atoms with Gasteiger partial charge in [-0.25, -0.2) is 9.97 Å². The quantitative estimate of drug-likeness (QED) is 0.898. The molecule has 0 spiro atoms. The number of benzene rings is 1. The van der Waals surface area contributed by atoms with Crippen LogP contribution in [-0.4, -0.2) is 9.97 Å². The zero-order chi connectivity index (χ0) is 13.8. The van der Waals surface area contributed by atoms with E-state index < -0.39 is 0 Å². The van der Waals surface area contributed by atoms with Gasteiger partial charge in [-0.3, -0.25) is 0 Å². The average Bonchev–Trinajstić information content (AvgIpc) is 2.38. The molecule has 0 aliphatic carbocycles. The lowest BCUT2D eigenvalue weighted by molar-refractivity contribution is 0.948. The molecule has 0 saturated heterocycles. The Kier molecular flexibility index (Phi) is 3.83. The molecule has 0 aliphatic rings. The minimum Gasteiger partial charge on any atom is -0.384 e. The molecule has 19 heavy (non-hydrogen) atoms. The molecule has 6 heteroatoms. The van der Waals surface area contributed by atoms with Gasteiger partial charge < -0.3 is 11.1 Å². The molecule has 0 radical (unpaired) electrons. The summed E-state index contributed by atoms with van der Waals surface area (Å²) < 4.78 is 0. The van der Waals surface area contributed by atoms with Gasteiger partial charge in [0.15, 0.2) is 0 Å². The van der Waals surface area contributed by atoms with Gasteiger partial charge in [0.05, 0.1) is 11.3 Å². The van der Waals surface area contributed by atoms with Crippen molar-refractivity contribution >= 4 is 28.9 Å². The fourth-order valence-electron chi connectivity index (χ4n) is 1.60. The van der Waals surface area contributed by atoms with Crippen molar-refractivity contribution in [3.8, 4) is 6.07 Å². The summed E-state index contributed by atoms with van der Waals surface area (Å²) in [6.07, 6.45) is 0.681. The van der Waals surface area contributed by atoms with Crippen LogP contribution in [0.25, 0.3) is 0 Å². The van der Waals surface area contributed by atoms with Crippen LogP contribution in [0.5, 0.6) is 0 Å². The van der Waals surface area contributed by atoms with Crippen molar-refractivity contribution in [3.05, 3.63) is 40.7 Å². The second-order valence-corrected chi connectivity index (χ2v) is 4.31. The predicted molar refractivity (Wildman–Crippen MR) is 75.3 cm³/mol. The van der Waals surface area contributed by atoms with E-state index >= 15 is 0 Å². The number of halogens is 1. The van der Waals surface area contributed by atoms with Gasteiger partial charge in [0.2, 0.25) is 0 Å². The van der Waals surface area contributed by atoms with E-state index in [1.54, 1.807) is 24.3 Å². The molecule has 96 valence electrons. The molecule has 0 fully saturated rings. The predicted octanol–water partition coefficient (Wildman–Crippen LogP) is 2.89. The molecule has 2 rings (SSSR count). The number of nitrogens with two attached hydrogens (primary N) is 1. The number of hydrogen-bond acceptors (Lipinski definition) is 5. The number of nitrogens with zero attached hydrogens (tertiary/aromatic N) is 3. The van der Waals surface area contributed by atoms with Crippen LogP contribution in [-0.2, 0) is 6.42 Å². The molecule has 1 heterocycles. The zero-order valence-corrected chi connectivity index (χ0v) is 11.1. The lowest BCUT2D eigenvalue weighted by atomic mass is 10.2. The number of aryl methyl sites for hydroxylation is 1. The van der Waals surface area contributed by atoms with Gasteiger partial charge in [-0.1, -0.05) is 18.5 Å². The topological polar surface area (TPSA) is 87.6 Å². The van der Waals surface area contributed by atoms with E-state index in [1.807, 2.05) is 6.92 Å². The van der Waals surface area contributed by atoms with Crippen molar-refractivity contribution in [2.45, 2.75) is 13.3 Å². The lowest BCUT2D eigenvalue weighted by Crippen LogP contribution is -2.03. The summed E-state index contributed by atoms with van der Waals surface area (Å²) in [5.41, 5.74) is 6.79. The summed E-state index contributed by atoms with van der Waals surface area (Å²) in [4.78, 5) is 8.39. The van der Waals surface area contributed by atoms with E-state index in [2.05, 4.69) is 21.4 Å². The molecule has 0 aliphatic heterocycles. The van der Waals surface area contributed by atoms with E-state index in [1.165, 1.54) is 0 Å². The fourth-order valence-corrected chi connectivity index (χ4v) is 1.77. The molecule has 0 amide bonds. The summed E-state index contributed by atoms with van der Waals surface area (Å²) in [6, 6.07) is 8.69.